The summed E-state index contributed by atoms with van der Waals surface area (Å²) in [7, 11) is 0. The Balaban J connectivity index is 2.66. The molecule has 1 atom stereocenters. The van der Waals surface area contributed by atoms with Crippen LogP contribution in [-0.4, -0.2) is 17.3 Å². The fraction of sp³-hybridized carbons (Fsp3) is 0.455. The van der Waals surface area contributed by atoms with Gasteiger partial charge in [0.15, 0.2) is 0 Å². The van der Waals surface area contributed by atoms with E-state index in [1.807, 2.05) is 6.92 Å². The Morgan fingerprint density at radius 3 is 2.73 bits per heavy atom. The van der Waals surface area contributed by atoms with Crippen molar-refractivity contribution in [2.45, 2.75) is 25.9 Å². The number of rotatable bonds is 4. The third-order valence-electron chi connectivity index (χ3n) is 2.41. The van der Waals surface area contributed by atoms with Gasteiger partial charge in [0, 0.05) is 12.2 Å². The third-order valence-corrected chi connectivity index (χ3v) is 2.41. The Morgan fingerprint density at radius 1 is 1.53 bits per heavy atom. The van der Waals surface area contributed by atoms with Crippen molar-refractivity contribution in [2.75, 3.05) is 17.6 Å². The van der Waals surface area contributed by atoms with Crippen molar-refractivity contribution in [1.29, 1.82) is 0 Å². The minimum atomic E-state index is -0.826. The van der Waals surface area contributed by atoms with Crippen molar-refractivity contribution in [3.8, 4) is 0 Å². The van der Waals surface area contributed by atoms with E-state index in [4.69, 9.17) is 5.73 Å². The van der Waals surface area contributed by atoms with Gasteiger partial charge in [0.2, 0.25) is 0 Å². The summed E-state index contributed by atoms with van der Waals surface area (Å²) in [4.78, 5) is 0. The van der Waals surface area contributed by atoms with Crippen molar-refractivity contribution >= 4 is 11.4 Å². The second-order valence-electron chi connectivity index (χ2n) is 3.94. The van der Waals surface area contributed by atoms with Crippen LogP contribution in [0.15, 0.2) is 18.2 Å². The molecule has 0 aliphatic carbocycles. The molecule has 0 radical (unpaired) electrons. The SMILES string of the molecule is CCC(C)(O)CNc1ccc(N)cc1F. The first-order valence-electron chi connectivity index (χ1n) is 4.96. The topological polar surface area (TPSA) is 58.3 Å². The van der Waals surface area contributed by atoms with E-state index in [2.05, 4.69) is 5.32 Å². The molecule has 0 heterocycles. The molecule has 1 unspecified atom stereocenters. The summed E-state index contributed by atoms with van der Waals surface area (Å²) in [5, 5.41) is 12.6. The molecular weight excluding hydrogens is 195 g/mol. The first-order valence-corrected chi connectivity index (χ1v) is 4.96. The molecule has 15 heavy (non-hydrogen) atoms. The molecule has 1 rings (SSSR count). The van der Waals surface area contributed by atoms with Crippen LogP contribution in [-0.2, 0) is 0 Å². The van der Waals surface area contributed by atoms with Crippen molar-refractivity contribution in [1.82, 2.24) is 0 Å². The molecule has 0 fully saturated rings. The number of benzene rings is 1. The summed E-state index contributed by atoms with van der Waals surface area (Å²) in [5.41, 5.74) is 5.34. The third kappa shape index (κ3) is 3.40. The number of halogens is 1. The zero-order valence-electron chi connectivity index (χ0n) is 9.05. The van der Waals surface area contributed by atoms with Crippen LogP contribution in [0.5, 0.6) is 0 Å². The van der Waals surface area contributed by atoms with Gasteiger partial charge in [-0.05, 0) is 31.5 Å². The number of hydrogen-bond donors (Lipinski definition) is 3. The van der Waals surface area contributed by atoms with E-state index in [0.29, 0.717) is 24.3 Å². The molecular formula is C11H17FN2O. The lowest BCUT2D eigenvalue weighted by Gasteiger charge is -2.22. The summed E-state index contributed by atoms with van der Waals surface area (Å²) in [6.07, 6.45) is 0.608. The van der Waals surface area contributed by atoms with E-state index in [0.717, 1.165) is 0 Å². The normalized spacial score (nSPS) is 14.7. The molecule has 3 nitrogen and oxygen atoms in total. The van der Waals surface area contributed by atoms with E-state index >= 15 is 0 Å². The second-order valence-corrected chi connectivity index (χ2v) is 3.94. The van der Waals surface area contributed by atoms with Gasteiger partial charge in [-0.3, -0.25) is 0 Å². The van der Waals surface area contributed by atoms with Gasteiger partial charge in [0.25, 0.3) is 0 Å². The van der Waals surface area contributed by atoms with Gasteiger partial charge in [-0.1, -0.05) is 6.92 Å². The fourth-order valence-corrected chi connectivity index (χ4v) is 1.09. The van der Waals surface area contributed by atoms with Gasteiger partial charge in [-0.2, -0.15) is 0 Å². The average molecular weight is 212 g/mol. The zero-order chi connectivity index (χ0) is 11.5. The molecule has 0 saturated heterocycles. The van der Waals surface area contributed by atoms with Crippen LogP contribution in [0.3, 0.4) is 0 Å². The molecule has 1 aromatic carbocycles. The van der Waals surface area contributed by atoms with Crippen LogP contribution in [0.25, 0.3) is 0 Å². The minimum absolute atomic E-state index is 0.310. The minimum Gasteiger partial charge on any atom is -0.399 e. The molecule has 0 spiro atoms. The van der Waals surface area contributed by atoms with Crippen molar-refractivity contribution in [2.24, 2.45) is 0 Å². The zero-order valence-corrected chi connectivity index (χ0v) is 9.05. The van der Waals surface area contributed by atoms with Gasteiger partial charge in [0.1, 0.15) is 5.82 Å². The first-order chi connectivity index (χ1) is 6.94. The largest absolute Gasteiger partial charge is 0.399 e. The molecule has 0 aliphatic rings. The summed E-state index contributed by atoms with van der Waals surface area (Å²) < 4.78 is 13.3. The summed E-state index contributed by atoms with van der Waals surface area (Å²) >= 11 is 0. The fourth-order valence-electron chi connectivity index (χ4n) is 1.09. The number of hydrogen-bond acceptors (Lipinski definition) is 3. The lowest BCUT2D eigenvalue weighted by molar-refractivity contribution is 0.0697. The average Bonchev–Trinajstić information content (AvgIpc) is 2.16. The molecule has 0 amide bonds. The standard InChI is InChI=1S/C11H17FN2O/c1-3-11(2,15)7-14-10-5-4-8(13)6-9(10)12/h4-6,14-15H,3,7,13H2,1-2H3. The van der Waals surface area contributed by atoms with Crippen molar-refractivity contribution in [3.63, 3.8) is 0 Å². The first kappa shape index (κ1) is 11.8. The highest BCUT2D eigenvalue weighted by atomic mass is 19.1. The van der Waals surface area contributed by atoms with Crippen LogP contribution in [0.1, 0.15) is 20.3 Å². The van der Waals surface area contributed by atoms with Crippen LogP contribution in [0.2, 0.25) is 0 Å². The van der Waals surface area contributed by atoms with Crippen LogP contribution >= 0.6 is 0 Å². The highest BCUT2D eigenvalue weighted by Gasteiger charge is 2.17. The molecule has 1 aromatic rings. The predicted molar refractivity (Wildman–Crippen MR) is 60.2 cm³/mol. The Bertz CT molecular complexity index is 339. The molecule has 84 valence electrons. The predicted octanol–water partition coefficient (Wildman–Crippen LogP) is 1.98. The highest BCUT2D eigenvalue weighted by Crippen LogP contribution is 2.18. The Kier molecular flexibility index (Phi) is 3.52. The molecule has 0 bridgehead atoms. The lowest BCUT2D eigenvalue weighted by atomic mass is 10.0. The Labute approximate surface area is 89.1 Å². The van der Waals surface area contributed by atoms with E-state index in [1.165, 1.54) is 6.07 Å². The molecule has 4 N–H and O–H groups in total. The lowest BCUT2D eigenvalue weighted by Crippen LogP contribution is -2.32. The molecule has 4 heteroatoms. The van der Waals surface area contributed by atoms with Gasteiger partial charge >= 0.3 is 0 Å². The second kappa shape index (κ2) is 4.49. The van der Waals surface area contributed by atoms with E-state index in [-0.39, 0.29) is 0 Å². The number of anilines is 2. The summed E-state index contributed by atoms with van der Waals surface area (Å²) in [5.74, 6) is -0.401. The Hall–Kier alpha value is -1.29. The monoisotopic (exact) mass is 212 g/mol. The number of nitrogen functional groups attached to an aromatic ring is 1. The van der Waals surface area contributed by atoms with Gasteiger partial charge in [-0.25, -0.2) is 4.39 Å². The number of aliphatic hydroxyl groups is 1. The van der Waals surface area contributed by atoms with Gasteiger partial charge in [-0.15, -0.1) is 0 Å². The van der Waals surface area contributed by atoms with E-state index in [1.54, 1.807) is 19.1 Å². The van der Waals surface area contributed by atoms with E-state index in [9.17, 15) is 9.50 Å². The molecule has 0 saturated carbocycles. The van der Waals surface area contributed by atoms with Crippen LogP contribution in [0, 0.1) is 5.82 Å². The molecule has 0 aliphatic heterocycles. The van der Waals surface area contributed by atoms with Gasteiger partial charge < -0.3 is 16.2 Å². The molecule has 0 aromatic heterocycles. The van der Waals surface area contributed by atoms with Gasteiger partial charge in [0.05, 0.1) is 11.3 Å². The highest BCUT2D eigenvalue weighted by molar-refractivity contribution is 5.52. The van der Waals surface area contributed by atoms with Crippen LogP contribution in [0.4, 0.5) is 15.8 Å². The van der Waals surface area contributed by atoms with Crippen LogP contribution < -0.4 is 11.1 Å². The summed E-state index contributed by atoms with van der Waals surface area (Å²) in [6.45, 7) is 3.89. The number of nitrogens with two attached hydrogens (primary N) is 1. The maximum Gasteiger partial charge on any atom is 0.148 e. The Morgan fingerprint density at radius 2 is 2.20 bits per heavy atom. The van der Waals surface area contributed by atoms with Crippen molar-refractivity contribution in [3.05, 3.63) is 24.0 Å². The van der Waals surface area contributed by atoms with E-state index < -0.39 is 11.4 Å². The maximum atomic E-state index is 13.3. The maximum absolute atomic E-state index is 13.3. The smallest absolute Gasteiger partial charge is 0.148 e. The number of nitrogens with one attached hydrogen (secondary N) is 1. The van der Waals surface area contributed by atoms with Crippen molar-refractivity contribution < 1.29 is 9.50 Å². The summed E-state index contributed by atoms with van der Waals surface area (Å²) in [6, 6.07) is 4.44. The quantitative estimate of drug-likeness (QED) is 0.669.